The minimum absolute atomic E-state index is 0. The fourth-order valence-corrected chi connectivity index (χ4v) is 0. The molecular formula is C8H22O4-2. The number of carbonyl (C=O) groups excluding carboxylic acids is 1. The van der Waals surface area contributed by atoms with Gasteiger partial charge in [-0.2, -0.15) is 0 Å². The van der Waals surface area contributed by atoms with Crippen molar-refractivity contribution >= 4 is 6.47 Å². The van der Waals surface area contributed by atoms with Gasteiger partial charge in [-0.25, -0.2) is 0 Å². The van der Waals surface area contributed by atoms with Crippen LogP contribution in [0.15, 0.2) is 0 Å². The van der Waals surface area contributed by atoms with Gasteiger partial charge in [0.1, 0.15) is 0 Å². The third-order valence-electron chi connectivity index (χ3n) is 0.0962. The molecule has 0 aromatic carbocycles. The Balaban J connectivity index is -0.0000000198. The Morgan fingerprint density at radius 3 is 1.33 bits per heavy atom. The van der Waals surface area contributed by atoms with Crippen LogP contribution in [0.3, 0.4) is 0 Å². The van der Waals surface area contributed by atoms with Crippen molar-refractivity contribution in [2.24, 2.45) is 0 Å². The zero-order chi connectivity index (χ0) is 8.99. The molecule has 0 fully saturated rings. The molecule has 0 aromatic rings. The van der Waals surface area contributed by atoms with Crippen molar-refractivity contribution in [3.05, 3.63) is 14.9 Å². The van der Waals surface area contributed by atoms with Crippen molar-refractivity contribution in [1.29, 1.82) is 0 Å². The van der Waals surface area contributed by atoms with E-state index in [1.54, 1.807) is 13.8 Å². The molecule has 0 atom stereocenters. The fourth-order valence-electron chi connectivity index (χ4n) is 0. The van der Waals surface area contributed by atoms with Crippen LogP contribution in [-0.2, 0) is 9.53 Å². The standard InChI is InChI=1S/C3H8O.C2H4O2.CH4O.2CH3/c1-3(2)4;1-4-2-3;1-2;;/h3-4H,1-2H3;2H,1H3;2H,1H3;2*1H3/q;;;2*-1. The summed E-state index contributed by atoms with van der Waals surface area (Å²) in [6, 6.07) is 0. The summed E-state index contributed by atoms with van der Waals surface area (Å²) in [5, 5.41) is 15.1. The summed E-state index contributed by atoms with van der Waals surface area (Å²) in [7, 11) is 2.31. The Labute approximate surface area is 76.2 Å². The number of rotatable bonds is 1. The van der Waals surface area contributed by atoms with Crippen molar-refractivity contribution in [2.45, 2.75) is 20.0 Å². The van der Waals surface area contributed by atoms with Crippen molar-refractivity contribution < 1.29 is 19.7 Å². The molecule has 0 aliphatic rings. The van der Waals surface area contributed by atoms with E-state index < -0.39 is 0 Å². The van der Waals surface area contributed by atoms with Crippen LogP contribution in [0.25, 0.3) is 0 Å². The van der Waals surface area contributed by atoms with E-state index in [1.165, 1.54) is 7.11 Å². The Hall–Kier alpha value is -0.610. The second-order valence-electron chi connectivity index (χ2n) is 1.43. The predicted molar refractivity (Wildman–Crippen MR) is 51.4 cm³/mol. The van der Waals surface area contributed by atoms with Crippen molar-refractivity contribution in [2.75, 3.05) is 14.2 Å². The molecule has 0 amide bonds. The number of aliphatic hydroxyl groups is 2. The van der Waals surface area contributed by atoms with E-state index in [2.05, 4.69) is 4.74 Å². The summed E-state index contributed by atoms with van der Waals surface area (Å²) in [4.78, 5) is 8.95. The van der Waals surface area contributed by atoms with E-state index in [1.807, 2.05) is 0 Å². The van der Waals surface area contributed by atoms with Gasteiger partial charge in [-0.15, -0.1) is 0 Å². The number of aliphatic hydroxyl groups excluding tert-OH is 2. The summed E-state index contributed by atoms with van der Waals surface area (Å²) in [5.74, 6) is 0. The van der Waals surface area contributed by atoms with Crippen LogP contribution in [-0.4, -0.2) is 37.0 Å². The highest BCUT2D eigenvalue weighted by atomic mass is 16.5. The molecule has 2 N–H and O–H groups in total. The fraction of sp³-hybridized carbons (Fsp3) is 0.625. The first-order valence-electron chi connectivity index (χ1n) is 2.74. The Morgan fingerprint density at radius 1 is 1.25 bits per heavy atom. The molecule has 0 aromatic heterocycles. The molecule has 0 saturated carbocycles. The maximum atomic E-state index is 8.95. The van der Waals surface area contributed by atoms with E-state index in [4.69, 9.17) is 15.0 Å². The summed E-state index contributed by atoms with van der Waals surface area (Å²) in [5.41, 5.74) is 0. The third kappa shape index (κ3) is 4350. The normalized spacial score (nSPS) is 5.25. The lowest BCUT2D eigenvalue weighted by Gasteiger charge is -1.80. The molecule has 4 heteroatoms. The molecule has 80 valence electrons. The number of hydrogen-bond donors (Lipinski definition) is 2. The SMILES string of the molecule is CC(C)O.CO.COC=O.[CH3-].[CH3-]. The number of ether oxygens (including phenoxy) is 1. The van der Waals surface area contributed by atoms with Crippen LogP contribution < -0.4 is 0 Å². The van der Waals surface area contributed by atoms with Gasteiger partial charge in [-0.3, -0.25) is 4.79 Å². The minimum atomic E-state index is -0.167. The van der Waals surface area contributed by atoms with Crippen LogP contribution in [0.5, 0.6) is 0 Å². The Kier molecular flexibility index (Phi) is 119. The molecule has 0 saturated heterocycles. The van der Waals surface area contributed by atoms with E-state index in [0.29, 0.717) is 6.47 Å². The first kappa shape index (κ1) is 30.1. The Morgan fingerprint density at radius 2 is 1.33 bits per heavy atom. The quantitative estimate of drug-likeness (QED) is 0.462. The van der Waals surface area contributed by atoms with Crippen molar-refractivity contribution in [1.82, 2.24) is 0 Å². The van der Waals surface area contributed by atoms with Crippen LogP contribution in [0.1, 0.15) is 13.8 Å². The molecule has 0 aliphatic carbocycles. The first-order valence-corrected chi connectivity index (χ1v) is 2.74. The molecule has 0 heterocycles. The van der Waals surface area contributed by atoms with Gasteiger partial charge in [0.05, 0.1) is 7.11 Å². The average Bonchev–Trinajstić information content (AvgIpc) is 1.91. The molecule has 4 nitrogen and oxygen atoms in total. The van der Waals surface area contributed by atoms with Crippen LogP contribution in [0, 0.1) is 14.9 Å². The van der Waals surface area contributed by atoms with E-state index in [9.17, 15) is 0 Å². The molecule has 0 spiro atoms. The zero-order valence-corrected chi connectivity index (χ0v) is 8.87. The summed E-state index contributed by atoms with van der Waals surface area (Å²) < 4.78 is 3.86. The summed E-state index contributed by atoms with van der Waals surface area (Å²) in [6.07, 6.45) is -0.167. The first-order chi connectivity index (χ1) is 4.65. The largest absolute Gasteiger partial charge is 0.471 e. The highest BCUT2D eigenvalue weighted by Gasteiger charge is 1.69. The van der Waals surface area contributed by atoms with Gasteiger partial charge in [0.25, 0.3) is 6.47 Å². The van der Waals surface area contributed by atoms with Gasteiger partial charge in [0, 0.05) is 13.2 Å². The average molecular weight is 182 g/mol. The lowest BCUT2D eigenvalue weighted by molar-refractivity contribution is -0.126. The minimum Gasteiger partial charge on any atom is -0.471 e. The molecular weight excluding hydrogens is 160 g/mol. The smallest absolute Gasteiger partial charge is 0.292 e. The van der Waals surface area contributed by atoms with Gasteiger partial charge in [0.2, 0.25) is 0 Å². The summed E-state index contributed by atoms with van der Waals surface area (Å²) in [6.45, 7) is 3.82. The molecule has 0 aliphatic heterocycles. The molecule has 0 unspecified atom stereocenters. The predicted octanol–water partition coefficient (Wildman–Crippen LogP) is 0.685. The molecule has 12 heavy (non-hydrogen) atoms. The van der Waals surface area contributed by atoms with E-state index in [0.717, 1.165) is 7.11 Å². The second-order valence-corrected chi connectivity index (χ2v) is 1.43. The van der Waals surface area contributed by atoms with Gasteiger partial charge in [-0.1, -0.05) is 0 Å². The van der Waals surface area contributed by atoms with Crippen molar-refractivity contribution in [3.63, 3.8) is 0 Å². The zero-order valence-electron chi connectivity index (χ0n) is 8.87. The number of carbonyl (C=O) groups is 1. The van der Waals surface area contributed by atoms with Crippen LogP contribution >= 0.6 is 0 Å². The highest BCUT2D eigenvalue weighted by Crippen LogP contribution is 1.65. The van der Waals surface area contributed by atoms with E-state index in [-0.39, 0.29) is 21.0 Å². The lowest BCUT2D eigenvalue weighted by Crippen LogP contribution is -1.85. The van der Waals surface area contributed by atoms with Crippen LogP contribution in [0.4, 0.5) is 0 Å². The van der Waals surface area contributed by atoms with Gasteiger partial charge in [0.15, 0.2) is 0 Å². The second kappa shape index (κ2) is 47.5. The molecule has 0 bridgehead atoms. The van der Waals surface area contributed by atoms with Crippen LogP contribution in [0.2, 0.25) is 0 Å². The van der Waals surface area contributed by atoms with Gasteiger partial charge in [-0.05, 0) is 13.8 Å². The van der Waals surface area contributed by atoms with Crippen molar-refractivity contribution in [3.8, 4) is 0 Å². The number of methoxy groups -OCH3 is 1. The van der Waals surface area contributed by atoms with E-state index >= 15 is 0 Å². The van der Waals surface area contributed by atoms with Gasteiger partial charge < -0.3 is 29.8 Å². The molecule has 0 radical (unpaired) electrons. The monoisotopic (exact) mass is 182 g/mol. The summed E-state index contributed by atoms with van der Waals surface area (Å²) >= 11 is 0. The lowest BCUT2D eigenvalue weighted by atomic mass is 10.5. The highest BCUT2D eigenvalue weighted by molar-refractivity contribution is 5.36. The van der Waals surface area contributed by atoms with Gasteiger partial charge >= 0.3 is 0 Å². The molecule has 0 rings (SSSR count). The topological polar surface area (TPSA) is 66.8 Å². The number of hydrogen-bond acceptors (Lipinski definition) is 4. The maximum Gasteiger partial charge on any atom is 0.292 e. The third-order valence-corrected chi connectivity index (χ3v) is 0.0962. The Bertz CT molecular complexity index is 43.6. The maximum absolute atomic E-state index is 8.95.